The lowest BCUT2D eigenvalue weighted by Crippen LogP contribution is -2.59. The van der Waals surface area contributed by atoms with Crippen LogP contribution < -0.4 is 0 Å². The van der Waals surface area contributed by atoms with E-state index in [9.17, 15) is 4.79 Å². The van der Waals surface area contributed by atoms with Crippen molar-refractivity contribution in [2.75, 3.05) is 33.3 Å². The quantitative estimate of drug-likeness (QED) is 0.787. The Morgan fingerprint density at radius 3 is 2.74 bits per heavy atom. The fraction of sp³-hybridized carbons (Fsp3) is 0.765. The lowest BCUT2D eigenvalue weighted by molar-refractivity contribution is -0.0893. The number of amides is 1. The molecule has 1 aromatic rings. The number of aryl methyl sites for hydroxylation is 1. The Morgan fingerprint density at radius 2 is 2.09 bits per heavy atom. The summed E-state index contributed by atoms with van der Waals surface area (Å²) in [5.41, 5.74) is 1.41. The van der Waals surface area contributed by atoms with Crippen LogP contribution in [0.4, 0.5) is 0 Å². The van der Waals surface area contributed by atoms with Gasteiger partial charge < -0.3 is 9.64 Å². The summed E-state index contributed by atoms with van der Waals surface area (Å²) in [4.78, 5) is 17.2. The molecule has 1 aromatic heterocycles. The Bertz CT molecular complexity index is 590. The zero-order chi connectivity index (χ0) is 16.8. The number of ether oxygens (including phenoxy) is 1. The first kappa shape index (κ1) is 16.5. The lowest BCUT2D eigenvalue weighted by Gasteiger charge is -2.45. The smallest absolute Gasteiger partial charge is 0.257 e. The monoisotopic (exact) mass is 320 g/mol. The highest BCUT2D eigenvalue weighted by molar-refractivity contribution is 5.95. The molecule has 0 aromatic carbocycles. The minimum Gasteiger partial charge on any atom is -0.375 e. The number of rotatable bonds is 1. The Hall–Kier alpha value is -1.40. The summed E-state index contributed by atoms with van der Waals surface area (Å²) in [7, 11) is 2.12. The average molecular weight is 320 g/mol. The fourth-order valence-electron chi connectivity index (χ4n) is 3.41. The van der Waals surface area contributed by atoms with Gasteiger partial charge in [-0.05, 0) is 41.2 Å². The van der Waals surface area contributed by atoms with Crippen LogP contribution in [0.5, 0.6) is 0 Å². The van der Waals surface area contributed by atoms with Gasteiger partial charge in [-0.15, -0.1) is 0 Å². The molecule has 3 rings (SSSR count). The molecule has 0 spiro atoms. The molecule has 23 heavy (non-hydrogen) atoms. The van der Waals surface area contributed by atoms with E-state index in [0.29, 0.717) is 6.04 Å². The average Bonchev–Trinajstić information content (AvgIpc) is 2.89. The van der Waals surface area contributed by atoms with E-state index in [-0.39, 0.29) is 17.6 Å². The second-order valence-corrected chi connectivity index (χ2v) is 7.74. The maximum Gasteiger partial charge on any atom is 0.257 e. The summed E-state index contributed by atoms with van der Waals surface area (Å²) >= 11 is 0. The Balaban J connectivity index is 1.77. The minimum atomic E-state index is -0.117. The third-order valence-corrected chi connectivity index (χ3v) is 4.97. The lowest BCUT2D eigenvalue weighted by atomic mass is 9.98. The Labute approximate surface area is 138 Å². The molecule has 6 nitrogen and oxygen atoms in total. The van der Waals surface area contributed by atoms with Gasteiger partial charge in [0.05, 0.1) is 35.5 Å². The summed E-state index contributed by atoms with van der Waals surface area (Å²) in [5, 5.41) is 4.53. The number of carbonyl (C=O) groups excluding carboxylic acids is 1. The molecule has 6 heteroatoms. The van der Waals surface area contributed by atoms with Gasteiger partial charge in [-0.1, -0.05) is 0 Å². The number of carbonyl (C=O) groups is 1. The van der Waals surface area contributed by atoms with Crippen LogP contribution in [-0.2, 0) is 10.3 Å². The van der Waals surface area contributed by atoms with Gasteiger partial charge in [0, 0.05) is 25.8 Å². The predicted molar refractivity (Wildman–Crippen MR) is 88.6 cm³/mol. The zero-order valence-electron chi connectivity index (χ0n) is 14.9. The van der Waals surface area contributed by atoms with Gasteiger partial charge >= 0.3 is 0 Å². The second-order valence-electron chi connectivity index (χ2n) is 7.74. The van der Waals surface area contributed by atoms with Crippen LogP contribution in [0.15, 0.2) is 6.20 Å². The van der Waals surface area contributed by atoms with Crippen LogP contribution in [0.1, 0.15) is 43.2 Å². The van der Waals surface area contributed by atoms with Crippen molar-refractivity contribution in [1.82, 2.24) is 19.6 Å². The first-order chi connectivity index (χ1) is 10.8. The third-order valence-electron chi connectivity index (χ3n) is 4.97. The number of fused-ring (bicyclic) bond motifs is 1. The number of hydrogen-bond acceptors (Lipinski definition) is 4. The molecule has 0 radical (unpaired) electrons. The van der Waals surface area contributed by atoms with E-state index in [0.717, 1.165) is 43.9 Å². The van der Waals surface area contributed by atoms with Crippen molar-refractivity contribution in [3.63, 3.8) is 0 Å². The van der Waals surface area contributed by atoms with E-state index in [1.54, 1.807) is 0 Å². The van der Waals surface area contributed by atoms with Crippen molar-refractivity contribution in [2.24, 2.45) is 0 Å². The highest BCUT2D eigenvalue weighted by Crippen LogP contribution is 2.24. The highest BCUT2D eigenvalue weighted by atomic mass is 16.5. The van der Waals surface area contributed by atoms with Gasteiger partial charge in [0.1, 0.15) is 0 Å². The molecular weight excluding hydrogens is 292 g/mol. The molecule has 128 valence electrons. The molecule has 0 bridgehead atoms. The van der Waals surface area contributed by atoms with Gasteiger partial charge in [-0.3, -0.25) is 14.4 Å². The van der Waals surface area contributed by atoms with Gasteiger partial charge in [-0.25, -0.2) is 0 Å². The predicted octanol–water partition coefficient (Wildman–Crippen LogP) is 1.49. The number of hydrogen-bond donors (Lipinski definition) is 0. The van der Waals surface area contributed by atoms with E-state index in [1.165, 1.54) is 0 Å². The van der Waals surface area contributed by atoms with Gasteiger partial charge in [0.2, 0.25) is 0 Å². The van der Waals surface area contributed by atoms with Gasteiger partial charge in [-0.2, -0.15) is 5.10 Å². The van der Waals surface area contributed by atoms with Crippen LogP contribution in [0.3, 0.4) is 0 Å². The van der Waals surface area contributed by atoms with Crippen LogP contribution in [0, 0.1) is 6.92 Å². The molecule has 0 aliphatic carbocycles. The molecule has 0 saturated carbocycles. The minimum absolute atomic E-state index is 0.0930. The molecule has 2 aliphatic heterocycles. The number of piperidine rings is 1. The standard InChI is InChI=1S/C17H28N4O2/c1-12-13(10-21(18-12)17(2,3)4)16(22)20-7-6-15-14(11-20)19(5)8-9-23-15/h10,14-15H,6-9,11H2,1-5H3/t14-,15+/m0/s1. The largest absolute Gasteiger partial charge is 0.375 e. The number of nitrogens with zero attached hydrogens (tertiary/aromatic N) is 4. The topological polar surface area (TPSA) is 50.6 Å². The van der Waals surface area contributed by atoms with Crippen molar-refractivity contribution in [3.05, 3.63) is 17.5 Å². The van der Waals surface area contributed by atoms with Crippen molar-refractivity contribution in [3.8, 4) is 0 Å². The van der Waals surface area contributed by atoms with E-state index >= 15 is 0 Å². The molecular formula is C17H28N4O2. The number of aromatic nitrogens is 2. The van der Waals surface area contributed by atoms with E-state index in [1.807, 2.05) is 22.7 Å². The van der Waals surface area contributed by atoms with Crippen molar-refractivity contribution >= 4 is 5.91 Å². The van der Waals surface area contributed by atoms with Crippen molar-refractivity contribution in [2.45, 2.75) is 51.8 Å². The van der Waals surface area contributed by atoms with Gasteiger partial charge in [0.15, 0.2) is 0 Å². The van der Waals surface area contributed by atoms with E-state index < -0.39 is 0 Å². The molecule has 3 heterocycles. The number of morpholine rings is 1. The highest BCUT2D eigenvalue weighted by Gasteiger charge is 2.37. The van der Waals surface area contributed by atoms with Crippen LogP contribution in [0.25, 0.3) is 0 Å². The first-order valence-corrected chi connectivity index (χ1v) is 8.45. The maximum absolute atomic E-state index is 13.0. The summed E-state index contributed by atoms with van der Waals surface area (Å²) in [6.45, 7) is 11.4. The molecule has 1 amide bonds. The van der Waals surface area contributed by atoms with Crippen LogP contribution in [-0.4, -0.2) is 70.9 Å². The normalized spacial score (nSPS) is 26.2. The van der Waals surface area contributed by atoms with Gasteiger partial charge in [0.25, 0.3) is 5.91 Å². The molecule has 0 unspecified atom stereocenters. The number of likely N-dealkylation sites (tertiary alicyclic amines) is 1. The molecule has 2 aliphatic rings. The first-order valence-electron chi connectivity index (χ1n) is 8.45. The van der Waals surface area contributed by atoms with Crippen LogP contribution in [0.2, 0.25) is 0 Å². The summed E-state index contributed by atoms with van der Waals surface area (Å²) < 4.78 is 7.75. The van der Waals surface area contributed by atoms with E-state index in [4.69, 9.17) is 4.74 Å². The Morgan fingerprint density at radius 1 is 1.35 bits per heavy atom. The summed E-state index contributed by atoms with van der Waals surface area (Å²) in [5.74, 6) is 0.0930. The fourth-order valence-corrected chi connectivity index (χ4v) is 3.41. The number of likely N-dealkylation sites (N-methyl/N-ethyl adjacent to an activating group) is 1. The zero-order valence-corrected chi connectivity index (χ0v) is 14.9. The summed E-state index contributed by atoms with van der Waals surface area (Å²) in [6, 6.07) is 0.305. The third kappa shape index (κ3) is 3.15. The Kier molecular flexibility index (Phi) is 4.23. The summed E-state index contributed by atoms with van der Waals surface area (Å²) in [6.07, 6.45) is 3.06. The second kappa shape index (κ2) is 5.91. The molecule has 2 atom stereocenters. The van der Waals surface area contributed by atoms with E-state index in [2.05, 4.69) is 37.8 Å². The molecule has 2 fully saturated rings. The van der Waals surface area contributed by atoms with Crippen molar-refractivity contribution in [1.29, 1.82) is 0 Å². The SMILES string of the molecule is Cc1nn(C(C)(C)C)cc1C(=O)N1CC[C@H]2OCCN(C)[C@H]2C1. The molecule has 2 saturated heterocycles. The molecule has 0 N–H and O–H groups in total. The van der Waals surface area contributed by atoms with Crippen molar-refractivity contribution < 1.29 is 9.53 Å². The maximum atomic E-state index is 13.0. The van der Waals surface area contributed by atoms with Crippen LogP contribution >= 0.6 is 0 Å².